The van der Waals surface area contributed by atoms with E-state index in [4.69, 9.17) is 16.3 Å². The first-order valence-corrected chi connectivity index (χ1v) is 12.4. The number of fused-ring (bicyclic) bond motifs is 4. The first-order chi connectivity index (χ1) is 18.6. The Morgan fingerprint density at radius 3 is 2.51 bits per heavy atom. The SMILES string of the molecule is COc1nc(N2CC3CCC(C2)N3)c2cc(F)c(-c3c(OC(F)(F)Cl)c(C)cc4[nH]nc(C#N)c34)c(F)c2n1. The molecule has 2 aromatic carbocycles. The van der Waals surface area contributed by atoms with E-state index in [0.717, 1.165) is 18.9 Å². The molecule has 0 radical (unpaired) electrons. The van der Waals surface area contributed by atoms with Gasteiger partial charge in [0.15, 0.2) is 11.5 Å². The van der Waals surface area contributed by atoms with Crippen molar-refractivity contribution < 1.29 is 27.0 Å². The molecule has 9 nitrogen and oxygen atoms in total. The van der Waals surface area contributed by atoms with Crippen LogP contribution in [0.25, 0.3) is 32.9 Å². The topological polar surface area (TPSA) is 112 Å². The van der Waals surface area contributed by atoms with Gasteiger partial charge in [0.2, 0.25) is 0 Å². The Morgan fingerprint density at radius 1 is 1.15 bits per heavy atom. The molecule has 0 aliphatic carbocycles. The quantitative estimate of drug-likeness (QED) is 0.265. The van der Waals surface area contributed by atoms with Crippen molar-refractivity contribution in [3.63, 3.8) is 0 Å². The maximum atomic E-state index is 16.5. The van der Waals surface area contributed by atoms with Gasteiger partial charge in [-0.05, 0) is 37.5 Å². The van der Waals surface area contributed by atoms with Gasteiger partial charge in [-0.2, -0.15) is 20.3 Å². The molecule has 14 heteroatoms. The van der Waals surface area contributed by atoms with E-state index in [1.54, 1.807) is 0 Å². The fraction of sp³-hybridized carbons (Fsp3) is 0.360. The number of hydrogen-bond donors (Lipinski definition) is 2. The van der Waals surface area contributed by atoms with Crippen LogP contribution in [0, 0.1) is 29.9 Å². The van der Waals surface area contributed by atoms with Gasteiger partial charge in [0.25, 0.3) is 0 Å². The second-order valence-electron chi connectivity index (χ2n) is 9.57. The summed E-state index contributed by atoms with van der Waals surface area (Å²) in [6.45, 7) is 2.53. The van der Waals surface area contributed by atoms with Crippen LogP contribution in [0.1, 0.15) is 24.1 Å². The number of alkyl halides is 3. The van der Waals surface area contributed by atoms with E-state index in [-0.39, 0.29) is 51.2 Å². The van der Waals surface area contributed by atoms with Crippen LogP contribution >= 0.6 is 11.6 Å². The zero-order valence-electron chi connectivity index (χ0n) is 20.6. The zero-order chi connectivity index (χ0) is 27.6. The molecule has 2 unspecified atom stereocenters. The molecule has 4 heterocycles. The predicted molar refractivity (Wildman–Crippen MR) is 134 cm³/mol. The average molecular weight is 562 g/mol. The molecule has 6 rings (SSSR count). The lowest BCUT2D eigenvalue weighted by atomic mass is 9.94. The van der Waals surface area contributed by atoms with Crippen molar-refractivity contribution in [1.82, 2.24) is 25.5 Å². The third kappa shape index (κ3) is 4.24. The molecule has 2 fully saturated rings. The molecule has 202 valence electrons. The number of nitrogens with one attached hydrogen (secondary N) is 2. The number of anilines is 1. The number of nitrogens with zero attached hydrogens (tertiary/aromatic N) is 5. The van der Waals surface area contributed by atoms with E-state index < -0.39 is 34.1 Å². The Morgan fingerprint density at radius 2 is 1.87 bits per heavy atom. The molecule has 2 atom stereocenters. The summed E-state index contributed by atoms with van der Waals surface area (Å²) in [5.41, 5.74) is -5.72. The molecule has 2 aromatic heterocycles. The van der Waals surface area contributed by atoms with Gasteiger partial charge in [-0.15, -0.1) is 8.78 Å². The Balaban J connectivity index is 1.66. The van der Waals surface area contributed by atoms with Crippen molar-refractivity contribution in [3.05, 3.63) is 35.0 Å². The van der Waals surface area contributed by atoms with Crippen LogP contribution in [-0.4, -0.2) is 58.0 Å². The van der Waals surface area contributed by atoms with Crippen LogP contribution in [0.5, 0.6) is 11.8 Å². The largest absolute Gasteiger partial charge is 0.487 e. The van der Waals surface area contributed by atoms with Gasteiger partial charge >= 0.3 is 11.6 Å². The van der Waals surface area contributed by atoms with Crippen molar-refractivity contribution in [1.29, 1.82) is 5.26 Å². The molecule has 0 spiro atoms. The molecule has 2 bridgehead atoms. The minimum absolute atomic E-state index is 0.0714. The molecule has 4 aromatic rings. The van der Waals surface area contributed by atoms with E-state index in [1.807, 2.05) is 11.0 Å². The number of piperazine rings is 1. The van der Waals surface area contributed by atoms with E-state index in [1.165, 1.54) is 20.1 Å². The highest BCUT2D eigenvalue weighted by molar-refractivity contribution is 6.21. The number of ether oxygens (including phenoxy) is 2. The second-order valence-corrected chi connectivity index (χ2v) is 10.0. The number of H-pyrrole nitrogens is 1. The molecule has 0 amide bonds. The summed E-state index contributed by atoms with van der Waals surface area (Å²) in [7, 11) is 1.32. The molecule has 2 saturated heterocycles. The number of aromatic amines is 1. The zero-order valence-corrected chi connectivity index (χ0v) is 21.3. The molecule has 39 heavy (non-hydrogen) atoms. The van der Waals surface area contributed by atoms with Crippen molar-refractivity contribution in [2.24, 2.45) is 0 Å². The van der Waals surface area contributed by atoms with Gasteiger partial charge in [-0.1, -0.05) is 0 Å². The number of hydrogen-bond acceptors (Lipinski definition) is 8. The van der Waals surface area contributed by atoms with Crippen LogP contribution < -0.4 is 19.7 Å². The minimum Gasteiger partial charge on any atom is -0.467 e. The van der Waals surface area contributed by atoms with Gasteiger partial charge in [-0.3, -0.25) is 5.10 Å². The Kier molecular flexibility index (Phi) is 5.92. The molecule has 2 N–H and O–H groups in total. The van der Waals surface area contributed by atoms with E-state index in [9.17, 15) is 14.0 Å². The fourth-order valence-corrected chi connectivity index (χ4v) is 5.64. The average Bonchev–Trinajstić information content (AvgIpc) is 3.45. The van der Waals surface area contributed by atoms with E-state index >= 15 is 8.78 Å². The Labute approximate surface area is 223 Å². The highest BCUT2D eigenvalue weighted by Gasteiger charge is 2.36. The smallest absolute Gasteiger partial charge is 0.467 e. The van der Waals surface area contributed by atoms with Crippen molar-refractivity contribution in [2.75, 3.05) is 25.1 Å². The third-order valence-electron chi connectivity index (χ3n) is 7.11. The van der Waals surface area contributed by atoms with Gasteiger partial charge in [-0.25, -0.2) is 8.78 Å². The summed E-state index contributed by atoms with van der Waals surface area (Å²) in [6.07, 6.45) is 1.94. The van der Waals surface area contributed by atoms with Gasteiger partial charge in [0.05, 0.1) is 18.2 Å². The van der Waals surface area contributed by atoms with Crippen molar-refractivity contribution in [2.45, 2.75) is 37.4 Å². The normalized spacial score (nSPS) is 19.1. The fourth-order valence-electron chi connectivity index (χ4n) is 5.56. The molecule has 2 aliphatic heterocycles. The summed E-state index contributed by atoms with van der Waals surface area (Å²) in [6, 6.07) is 4.48. The summed E-state index contributed by atoms with van der Waals surface area (Å²) in [5.74, 6) is -2.60. The van der Waals surface area contributed by atoms with Crippen LogP contribution in [0.2, 0.25) is 0 Å². The number of nitriles is 1. The number of aryl methyl sites for hydroxylation is 1. The molecule has 2 aliphatic rings. The van der Waals surface area contributed by atoms with Crippen molar-refractivity contribution >= 4 is 39.2 Å². The summed E-state index contributed by atoms with van der Waals surface area (Å²) >= 11 is 5.07. The van der Waals surface area contributed by atoms with Gasteiger partial charge in [0.1, 0.15) is 29.0 Å². The third-order valence-corrected chi connectivity index (χ3v) is 7.18. The standard InChI is InChI=1S/C25H20ClF4N7O2/c1-10-5-15-18(16(7-31)36-35-15)19(22(10)39-25(26,29)30)17-14(27)6-13-21(20(17)28)33-24(38-2)34-23(13)37-8-11-3-4-12(9-37)32-11/h5-6,11-12,32H,3-4,8-9H2,1-2H3,(H,35,36). The van der Waals surface area contributed by atoms with Crippen LogP contribution in [0.15, 0.2) is 12.1 Å². The number of rotatable bonds is 5. The lowest BCUT2D eigenvalue weighted by molar-refractivity contribution is -0.0964. The van der Waals surface area contributed by atoms with Gasteiger partial charge in [0, 0.05) is 53.1 Å². The lowest BCUT2D eigenvalue weighted by Crippen LogP contribution is -2.51. The van der Waals surface area contributed by atoms with Gasteiger partial charge < -0.3 is 19.7 Å². The first-order valence-electron chi connectivity index (χ1n) is 12.0. The highest BCUT2D eigenvalue weighted by Crippen LogP contribution is 2.46. The molecule has 0 saturated carbocycles. The molecular weight excluding hydrogens is 542 g/mol. The van der Waals surface area contributed by atoms with Crippen molar-refractivity contribution in [3.8, 4) is 29.0 Å². The van der Waals surface area contributed by atoms with E-state index in [2.05, 4.69) is 30.2 Å². The maximum Gasteiger partial charge on any atom is 0.487 e. The highest BCUT2D eigenvalue weighted by atomic mass is 35.5. The number of halogens is 5. The number of benzene rings is 2. The summed E-state index contributed by atoms with van der Waals surface area (Å²) in [4.78, 5) is 10.5. The number of methoxy groups -OCH3 is 1. The Hall–Kier alpha value is -3.89. The maximum absolute atomic E-state index is 16.5. The minimum atomic E-state index is -4.21. The van der Waals surface area contributed by atoms with E-state index in [0.29, 0.717) is 18.9 Å². The predicted octanol–water partition coefficient (Wildman–Crippen LogP) is 4.75. The van der Waals surface area contributed by atoms with Crippen LogP contribution in [-0.2, 0) is 0 Å². The monoisotopic (exact) mass is 561 g/mol. The Bertz CT molecular complexity index is 1670. The second kappa shape index (κ2) is 9.10. The van der Waals surface area contributed by atoms with Crippen LogP contribution in [0.4, 0.5) is 23.4 Å². The number of aromatic nitrogens is 4. The van der Waals surface area contributed by atoms with Crippen LogP contribution in [0.3, 0.4) is 0 Å². The summed E-state index contributed by atoms with van der Waals surface area (Å²) < 4.78 is 70.2. The summed E-state index contributed by atoms with van der Waals surface area (Å²) in [5, 5.41) is 19.5. The first kappa shape index (κ1) is 25.4. The molecular formula is C25H20ClF4N7O2. The lowest BCUT2D eigenvalue weighted by Gasteiger charge is -2.34.